The van der Waals surface area contributed by atoms with Crippen molar-refractivity contribution in [3.63, 3.8) is 0 Å². The molecule has 4 atom stereocenters. The van der Waals surface area contributed by atoms with Crippen LogP contribution in [-0.4, -0.2) is 60.0 Å². The quantitative estimate of drug-likeness (QED) is 0.481. The molecule has 4 rings (SSSR count). The summed E-state index contributed by atoms with van der Waals surface area (Å²) in [5, 5.41) is 37.4. The molecule has 1 aromatic carbocycles. The van der Waals surface area contributed by atoms with Crippen LogP contribution in [0.1, 0.15) is 11.8 Å². The zero-order valence-electron chi connectivity index (χ0n) is 14.1. The van der Waals surface area contributed by atoms with Crippen molar-refractivity contribution in [2.75, 3.05) is 11.9 Å². The van der Waals surface area contributed by atoms with Gasteiger partial charge in [0.15, 0.2) is 11.9 Å². The van der Waals surface area contributed by atoms with Gasteiger partial charge in [-0.25, -0.2) is 14.6 Å². The molecule has 1 saturated heterocycles. The van der Waals surface area contributed by atoms with Crippen LogP contribution in [0.15, 0.2) is 36.8 Å². The molecule has 0 radical (unpaired) electrons. The molecule has 0 aliphatic carbocycles. The first kappa shape index (κ1) is 17.4. The maximum Gasteiger partial charge on any atom is 0.181 e. The first-order valence-electron chi connectivity index (χ1n) is 8.26. The Kier molecular flexibility index (Phi) is 4.47. The van der Waals surface area contributed by atoms with Gasteiger partial charge in [-0.1, -0.05) is 12.0 Å². The molecule has 27 heavy (non-hydrogen) atoms. The third-order valence-corrected chi connectivity index (χ3v) is 4.44. The molecule has 4 N–H and O–H groups in total. The molecule has 0 bridgehead atoms. The number of nitrogens with one attached hydrogen (secondary N) is 1. The van der Waals surface area contributed by atoms with Crippen molar-refractivity contribution >= 4 is 22.5 Å². The highest BCUT2D eigenvalue weighted by Crippen LogP contribution is 2.32. The van der Waals surface area contributed by atoms with Gasteiger partial charge in [-0.2, -0.15) is 5.10 Å². The van der Waals surface area contributed by atoms with E-state index in [1.54, 1.807) is 0 Å². The summed E-state index contributed by atoms with van der Waals surface area (Å²) in [4.78, 5) is 8.46. The van der Waals surface area contributed by atoms with Crippen LogP contribution in [0, 0.1) is 12.3 Å². The van der Waals surface area contributed by atoms with Crippen LogP contribution >= 0.6 is 0 Å². The summed E-state index contributed by atoms with van der Waals surface area (Å²) < 4.78 is 6.89. The number of aliphatic hydroxyl groups excluding tert-OH is 3. The minimum Gasteiger partial charge on any atom is -0.394 e. The molecule has 2 aromatic heterocycles. The molecule has 1 aliphatic rings. The number of fused-ring (bicyclic) bond motifs is 1. The van der Waals surface area contributed by atoms with Crippen molar-refractivity contribution < 1.29 is 20.1 Å². The topological polar surface area (TPSA) is 126 Å². The van der Waals surface area contributed by atoms with E-state index in [1.165, 1.54) is 17.2 Å². The Balaban J connectivity index is 1.69. The molecule has 1 aliphatic heterocycles. The average Bonchev–Trinajstić information content (AvgIpc) is 3.24. The van der Waals surface area contributed by atoms with E-state index >= 15 is 0 Å². The lowest BCUT2D eigenvalue weighted by Gasteiger charge is -2.15. The van der Waals surface area contributed by atoms with Gasteiger partial charge < -0.3 is 25.4 Å². The highest BCUT2D eigenvalue weighted by molar-refractivity contribution is 5.88. The fourth-order valence-electron chi connectivity index (χ4n) is 3.05. The van der Waals surface area contributed by atoms with E-state index in [0.29, 0.717) is 16.9 Å². The van der Waals surface area contributed by atoms with Gasteiger partial charge >= 0.3 is 0 Å². The number of hydrogen-bond acceptors (Lipinski definition) is 8. The summed E-state index contributed by atoms with van der Waals surface area (Å²) in [6, 6.07) is 7.31. The van der Waals surface area contributed by atoms with Crippen molar-refractivity contribution in [1.29, 1.82) is 0 Å². The number of hydrogen-bond donors (Lipinski definition) is 4. The van der Waals surface area contributed by atoms with Crippen molar-refractivity contribution in [2.24, 2.45) is 0 Å². The van der Waals surface area contributed by atoms with Crippen LogP contribution in [0.5, 0.6) is 0 Å². The number of anilines is 2. The zero-order chi connectivity index (χ0) is 19.0. The van der Waals surface area contributed by atoms with Gasteiger partial charge in [0.1, 0.15) is 30.5 Å². The first-order chi connectivity index (χ1) is 13.1. The number of benzene rings is 1. The van der Waals surface area contributed by atoms with Gasteiger partial charge in [0, 0.05) is 11.3 Å². The van der Waals surface area contributed by atoms with E-state index in [4.69, 9.17) is 11.2 Å². The lowest BCUT2D eigenvalue weighted by molar-refractivity contribution is -0.0566. The van der Waals surface area contributed by atoms with Crippen LogP contribution in [0.3, 0.4) is 0 Å². The van der Waals surface area contributed by atoms with Crippen LogP contribution in [-0.2, 0) is 4.74 Å². The Morgan fingerprint density at radius 3 is 2.85 bits per heavy atom. The van der Waals surface area contributed by atoms with E-state index in [2.05, 4.69) is 26.3 Å². The van der Waals surface area contributed by atoms with Gasteiger partial charge in [-0.3, -0.25) is 0 Å². The largest absolute Gasteiger partial charge is 0.394 e. The average molecular weight is 367 g/mol. The maximum absolute atomic E-state index is 10.2. The fraction of sp³-hybridized carbons (Fsp3) is 0.278. The standard InChI is InChI=1S/C18H17N5O4/c1-2-10-4-3-5-11(6-10)22-16-12-7-21-23(17(12)20-9-19-16)18-15(26)14(25)13(8-24)27-18/h1,3-7,9,13-15,18,24-26H,8H2,(H,19,20,22)/t13-,14-,15-,18-/m1/s1. The number of aromatic nitrogens is 4. The van der Waals surface area contributed by atoms with Crippen molar-refractivity contribution in [1.82, 2.24) is 19.7 Å². The molecule has 1 fully saturated rings. The minimum absolute atomic E-state index is 0.412. The number of aliphatic hydroxyl groups is 3. The lowest BCUT2D eigenvalue weighted by Crippen LogP contribution is -2.33. The first-order valence-corrected chi connectivity index (χ1v) is 8.26. The Labute approximate surface area is 154 Å². The molecule has 0 amide bonds. The second-order valence-electron chi connectivity index (χ2n) is 6.13. The van der Waals surface area contributed by atoms with Gasteiger partial charge in [-0.15, -0.1) is 6.42 Å². The molecule has 9 heteroatoms. The van der Waals surface area contributed by atoms with E-state index < -0.39 is 31.1 Å². The van der Waals surface area contributed by atoms with Crippen LogP contribution in [0.25, 0.3) is 11.0 Å². The molecule has 138 valence electrons. The third kappa shape index (κ3) is 3.01. The highest BCUT2D eigenvalue weighted by atomic mass is 16.6. The molecular weight excluding hydrogens is 350 g/mol. The Bertz CT molecular complexity index is 1010. The number of terminal acetylenes is 1. The van der Waals surface area contributed by atoms with E-state index in [9.17, 15) is 15.3 Å². The SMILES string of the molecule is C#Cc1cccc(Nc2ncnc3c2cnn3[C@@H]2O[C@H](CO)[C@@H](O)[C@H]2O)c1. The summed E-state index contributed by atoms with van der Waals surface area (Å²) in [6.07, 6.45) is 4.00. The molecule has 0 saturated carbocycles. The van der Waals surface area contributed by atoms with Gasteiger partial charge in [0.05, 0.1) is 18.2 Å². The third-order valence-electron chi connectivity index (χ3n) is 4.44. The number of ether oxygens (including phenoxy) is 1. The summed E-state index contributed by atoms with van der Waals surface area (Å²) in [5.74, 6) is 3.08. The summed E-state index contributed by atoms with van der Waals surface area (Å²) in [6.45, 7) is -0.415. The Morgan fingerprint density at radius 1 is 1.26 bits per heavy atom. The van der Waals surface area contributed by atoms with Crippen LogP contribution in [0.2, 0.25) is 0 Å². The zero-order valence-corrected chi connectivity index (χ0v) is 14.1. The van der Waals surface area contributed by atoms with Crippen LogP contribution in [0.4, 0.5) is 11.5 Å². The molecule has 0 spiro atoms. The molecular formula is C18H17N5O4. The number of nitrogens with zero attached hydrogens (tertiary/aromatic N) is 4. The van der Waals surface area contributed by atoms with E-state index in [0.717, 1.165) is 11.3 Å². The van der Waals surface area contributed by atoms with Crippen molar-refractivity contribution in [3.8, 4) is 12.3 Å². The Morgan fingerprint density at radius 2 is 2.11 bits per heavy atom. The molecule has 9 nitrogen and oxygen atoms in total. The number of rotatable bonds is 4. The smallest absolute Gasteiger partial charge is 0.181 e. The monoisotopic (exact) mass is 367 g/mol. The fourth-order valence-corrected chi connectivity index (χ4v) is 3.05. The summed E-state index contributed by atoms with van der Waals surface area (Å²) in [5.41, 5.74) is 1.90. The summed E-state index contributed by atoms with van der Waals surface area (Å²) >= 11 is 0. The predicted molar refractivity (Wildman–Crippen MR) is 96.0 cm³/mol. The van der Waals surface area contributed by atoms with E-state index in [-0.39, 0.29) is 0 Å². The predicted octanol–water partition coefficient (Wildman–Crippen LogP) is 0.163. The molecule has 3 aromatic rings. The summed E-state index contributed by atoms with van der Waals surface area (Å²) in [7, 11) is 0. The molecule has 3 heterocycles. The van der Waals surface area contributed by atoms with Gasteiger partial charge in [-0.05, 0) is 18.2 Å². The second kappa shape index (κ2) is 6.94. The van der Waals surface area contributed by atoms with Crippen molar-refractivity contribution in [2.45, 2.75) is 24.5 Å². The normalized spacial score (nSPS) is 24.8. The van der Waals surface area contributed by atoms with Crippen LogP contribution < -0.4 is 5.32 Å². The van der Waals surface area contributed by atoms with Crippen molar-refractivity contribution in [3.05, 3.63) is 42.4 Å². The minimum atomic E-state index is -1.25. The lowest BCUT2D eigenvalue weighted by atomic mass is 10.1. The molecule has 0 unspecified atom stereocenters. The Hall–Kier alpha value is -3.03. The maximum atomic E-state index is 10.2. The second-order valence-corrected chi connectivity index (χ2v) is 6.13. The van der Waals surface area contributed by atoms with Gasteiger partial charge in [0.25, 0.3) is 0 Å². The highest BCUT2D eigenvalue weighted by Gasteiger charge is 2.44. The van der Waals surface area contributed by atoms with Gasteiger partial charge in [0.2, 0.25) is 0 Å². The van der Waals surface area contributed by atoms with E-state index in [1.807, 2.05) is 24.3 Å².